The summed E-state index contributed by atoms with van der Waals surface area (Å²) >= 11 is 0. The minimum atomic E-state index is -5.03. The summed E-state index contributed by atoms with van der Waals surface area (Å²) in [6.07, 6.45) is -6.25. The number of benzene rings is 2. The molecule has 0 radical (unpaired) electrons. The Morgan fingerprint density at radius 1 is 1.04 bits per heavy atom. The Morgan fingerprint density at radius 3 is 2.26 bits per heavy atom. The summed E-state index contributed by atoms with van der Waals surface area (Å²) in [5.41, 5.74) is 1.14. The fourth-order valence-corrected chi connectivity index (χ4v) is 2.09. The molecule has 2 aromatic carbocycles. The van der Waals surface area contributed by atoms with E-state index in [2.05, 4.69) is 0 Å². The molecule has 0 saturated carbocycles. The van der Waals surface area contributed by atoms with E-state index in [1.807, 2.05) is 0 Å². The van der Waals surface area contributed by atoms with Gasteiger partial charge in [-0.15, -0.1) is 0 Å². The van der Waals surface area contributed by atoms with Crippen molar-refractivity contribution in [3.8, 4) is 16.9 Å². The number of hydrogen-bond donors (Lipinski definition) is 0. The first-order valence-corrected chi connectivity index (χ1v) is 6.69. The van der Waals surface area contributed by atoms with Crippen LogP contribution in [0.15, 0.2) is 48.5 Å². The highest BCUT2D eigenvalue weighted by atomic mass is 19.4. The predicted molar refractivity (Wildman–Crippen MR) is 78.4 cm³/mol. The van der Waals surface area contributed by atoms with Crippen LogP contribution in [0.4, 0.5) is 13.2 Å². The third kappa shape index (κ3) is 3.97. The Labute approximate surface area is 130 Å². The fourth-order valence-electron chi connectivity index (χ4n) is 2.09. The van der Waals surface area contributed by atoms with Crippen LogP contribution in [-0.2, 0) is 4.79 Å². The van der Waals surface area contributed by atoms with E-state index < -0.39 is 24.2 Å². The molecule has 0 N–H and O–H groups in total. The molecule has 2 rings (SSSR count). The molecule has 0 heterocycles. The number of alkyl halides is 3. The molecule has 0 saturated heterocycles. The van der Waals surface area contributed by atoms with Crippen LogP contribution in [0.5, 0.6) is 5.75 Å². The van der Waals surface area contributed by atoms with E-state index in [0.29, 0.717) is 16.9 Å². The Morgan fingerprint density at radius 2 is 1.70 bits per heavy atom. The van der Waals surface area contributed by atoms with E-state index in [9.17, 15) is 22.8 Å². The molecule has 2 aromatic rings. The van der Waals surface area contributed by atoms with E-state index in [1.165, 1.54) is 13.2 Å². The second kappa shape index (κ2) is 6.64. The van der Waals surface area contributed by atoms with Crippen molar-refractivity contribution >= 4 is 11.6 Å². The van der Waals surface area contributed by atoms with E-state index >= 15 is 0 Å². The molecule has 120 valence electrons. The van der Waals surface area contributed by atoms with Gasteiger partial charge in [-0.3, -0.25) is 9.59 Å². The topological polar surface area (TPSA) is 43.4 Å². The van der Waals surface area contributed by atoms with Gasteiger partial charge in [0.15, 0.2) is 5.78 Å². The van der Waals surface area contributed by atoms with Crippen LogP contribution in [0, 0.1) is 0 Å². The van der Waals surface area contributed by atoms with Gasteiger partial charge in [0.05, 0.1) is 13.5 Å². The van der Waals surface area contributed by atoms with Crippen molar-refractivity contribution in [3.63, 3.8) is 0 Å². The molecule has 0 unspecified atom stereocenters. The van der Waals surface area contributed by atoms with Gasteiger partial charge >= 0.3 is 6.18 Å². The summed E-state index contributed by atoms with van der Waals surface area (Å²) in [4.78, 5) is 23.3. The molecular weight excluding hydrogens is 309 g/mol. The summed E-state index contributed by atoms with van der Waals surface area (Å²) in [6.45, 7) is 0. The van der Waals surface area contributed by atoms with Gasteiger partial charge in [-0.05, 0) is 29.3 Å². The number of hydrogen-bond acceptors (Lipinski definition) is 3. The van der Waals surface area contributed by atoms with Crippen LogP contribution in [0.2, 0.25) is 0 Å². The van der Waals surface area contributed by atoms with Crippen LogP contribution < -0.4 is 4.74 Å². The normalized spacial score (nSPS) is 11.1. The Bertz CT molecular complexity index is 722. The largest absolute Gasteiger partial charge is 0.497 e. The molecule has 0 aliphatic heterocycles. The number of rotatable bonds is 5. The molecule has 0 amide bonds. The number of carbonyl (C=O) groups is 2. The second-order valence-electron chi connectivity index (χ2n) is 4.80. The van der Waals surface area contributed by atoms with Gasteiger partial charge < -0.3 is 4.74 Å². The van der Waals surface area contributed by atoms with Gasteiger partial charge in [-0.25, -0.2) is 0 Å². The van der Waals surface area contributed by atoms with Crippen LogP contribution in [0.1, 0.15) is 16.8 Å². The van der Waals surface area contributed by atoms with Crippen LogP contribution in [-0.4, -0.2) is 24.9 Å². The zero-order valence-electron chi connectivity index (χ0n) is 12.2. The van der Waals surface area contributed by atoms with Crippen LogP contribution in [0.3, 0.4) is 0 Å². The second-order valence-corrected chi connectivity index (χ2v) is 4.80. The quantitative estimate of drug-likeness (QED) is 0.616. The summed E-state index contributed by atoms with van der Waals surface area (Å²) in [5.74, 6) is -2.64. The van der Waals surface area contributed by atoms with Gasteiger partial charge in [0.2, 0.25) is 5.78 Å². The van der Waals surface area contributed by atoms with E-state index in [-0.39, 0.29) is 5.56 Å². The monoisotopic (exact) mass is 322 g/mol. The van der Waals surface area contributed by atoms with E-state index in [0.717, 1.165) is 0 Å². The van der Waals surface area contributed by atoms with Crippen molar-refractivity contribution in [2.75, 3.05) is 7.11 Å². The standard InChI is InChI=1S/C17H13F3O3/c1-23-12-7-8-13(11-5-3-2-4-6-11)14(9-12)15(21)10-16(22)17(18,19)20/h2-9H,10H2,1H3. The maximum absolute atomic E-state index is 12.4. The highest BCUT2D eigenvalue weighted by molar-refractivity contribution is 6.12. The lowest BCUT2D eigenvalue weighted by atomic mass is 9.94. The molecule has 0 spiro atoms. The average molecular weight is 322 g/mol. The number of Topliss-reactive ketones (excluding diaryl/α,β-unsaturated/α-hetero) is 2. The Balaban J connectivity index is 2.43. The lowest BCUT2D eigenvalue weighted by Crippen LogP contribution is -2.25. The number of ether oxygens (including phenoxy) is 1. The molecule has 0 aromatic heterocycles. The first-order valence-electron chi connectivity index (χ1n) is 6.69. The highest BCUT2D eigenvalue weighted by Gasteiger charge is 2.39. The van der Waals surface area contributed by atoms with Gasteiger partial charge in [-0.1, -0.05) is 30.3 Å². The van der Waals surface area contributed by atoms with Crippen molar-refractivity contribution in [1.29, 1.82) is 0 Å². The summed E-state index contributed by atoms with van der Waals surface area (Å²) in [6, 6.07) is 13.2. The summed E-state index contributed by atoms with van der Waals surface area (Å²) in [7, 11) is 1.38. The SMILES string of the molecule is COc1ccc(-c2ccccc2)c(C(=O)CC(=O)C(F)(F)F)c1. The average Bonchev–Trinajstić information content (AvgIpc) is 2.54. The lowest BCUT2D eigenvalue weighted by Gasteiger charge is -2.11. The molecule has 3 nitrogen and oxygen atoms in total. The van der Waals surface area contributed by atoms with Gasteiger partial charge in [0.1, 0.15) is 5.75 Å². The van der Waals surface area contributed by atoms with E-state index in [4.69, 9.17) is 4.74 Å². The van der Waals surface area contributed by atoms with Gasteiger partial charge in [-0.2, -0.15) is 13.2 Å². The predicted octanol–water partition coefficient (Wildman–Crippen LogP) is 4.07. The zero-order valence-corrected chi connectivity index (χ0v) is 12.2. The van der Waals surface area contributed by atoms with Crippen molar-refractivity contribution in [2.45, 2.75) is 12.6 Å². The minimum Gasteiger partial charge on any atom is -0.497 e. The number of halogens is 3. The first kappa shape index (κ1) is 16.7. The smallest absolute Gasteiger partial charge is 0.450 e. The van der Waals surface area contributed by atoms with Crippen LogP contribution in [0.25, 0.3) is 11.1 Å². The number of carbonyl (C=O) groups excluding carboxylic acids is 2. The zero-order chi connectivity index (χ0) is 17.0. The van der Waals surface area contributed by atoms with Crippen molar-refractivity contribution in [3.05, 3.63) is 54.1 Å². The highest BCUT2D eigenvalue weighted by Crippen LogP contribution is 2.29. The summed E-state index contributed by atoms with van der Waals surface area (Å²) in [5, 5.41) is 0. The van der Waals surface area contributed by atoms with Crippen molar-refractivity contribution < 1.29 is 27.5 Å². The lowest BCUT2D eigenvalue weighted by molar-refractivity contribution is -0.170. The van der Waals surface area contributed by atoms with Crippen molar-refractivity contribution in [1.82, 2.24) is 0 Å². The molecule has 0 fully saturated rings. The molecule has 0 aliphatic carbocycles. The molecule has 23 heavy (non-hydrogen) atoms. The number of methoxy groups -OCH3 is 1. The molecule has 0 aliphatic rings. The van der Waals surface area contributed by atoms with Crippen molar-refractivity contribution in [2.24, 2.45) is 0 Å². The maximum Gasteiger partial charge on any atom is 0.450 e. The molecule has 0 atom stereocenters. The Hall–Kier alpha value is -2.63. The maximum atomic E-state index is 12.4. The van der Waals surface area contributed by atoms with Gasteiger partial charge in [0.25, 0.3) is 0 Å². The fraction of sp³-hybridized carbons (Fsp3) is 0.176. The minimum absolute atomic E-state index is 0.0214. The van der Waals surface area contributed by atoms with Crippen LogP contribution >= 0.6 is 0 Å². The molecular formula is C17H13F3O3. The third-order valence-corrected chi connectivity index (χ3v) is 3.25. The Kier molecular flexibility index (Phi) is 4.83. The molecule has 0 bridgehead atoms. The first-order chi connectivity index (χ1) is 10.8. The number of ketones is 2. The van der Waals surface area contributed by atoms with Gasteiger partial charge in [0, 0.05) is 5.56 Å². The summed E-state index contributed by atoms with van der Waals surface area (Å²) < 4.78 is 42.1. The molecule has 6 heteroatoms. The van der Waals surface area contributed by atoms with E-state index in [1.54, 1.807) is 42.5 Å². The third-order valence-electron chi connectivity index (χ3n) is 3.25.